The van der Waals surface area contributed by atoms with E-state index >= 15 is 0 Å². The number of carbonyl (C=O) groups excluding carboxylic acids is 1. The third-order valence-electron chi connectivity index (χ3n) is 4.17. The Balaban J connectivity index is 1.75. The molecule has 1 unspecified atom stereocenters. The van der Waals surface area contributed by atoms with Gasteiger partial charge in [0.05, 0.1) is 18.3 Å². The second kappa shape index (κ2) is 6.81. The summed E-state index contributed by atoms with van der Waals surface area (Å²) >= 11 is 0. The number of hydrogen-bond donors (Lipinski definition) is 2. The number of halogens is 3. The number of imidazole rings is 1. The van der Waals surface area contributed by atoms with Crippen molar-refractivity contribution in [1.82, 2.24) is 19.9 Å². The number of rotatable bonds is 5. The predicted octanol–water partition coefficient (Wildman–Crippen LogP) is 1.16. The number of aliphatic carboxylic acids is 1. The Hall–Kier alpha value is -2.85. The monoisotopic (exact) mass is 371 g/mol. The van der Waals surface area contributed by atoms with E-state index in [1.165, 1.54) is 12.5 Å². The number of pyridine rings is 1. The highest BCUT2D eigenvalue weighted by Gasteiger charge is 2.40. The van der Waals surface area contributed by atoms with E-state index in [2.05, 4.69) is 9.97 Å². The average molecular weight is 371 g/mol. The second-order valence-corrected chi connectivity index (χ2v) is 5.99. The summed E-state index contributed by atoms with van der Waals surface area (Å²) in [4.78, 5) is 32.1. The molecule has 26 heavy (non-hydrogen) atoms. The Kier molecular flexibility index (Phi) is 4.70. The summed E-state index contributed by atoms with van der Waals surface area (Å²) in [5, 5.41) is 10.8. The highest BCUT2D eigenvalue weighted by molar-refractivity contribution is 5.87. The summed E-state index contributed by atoms with van der Waals surface area (Å²) in [5.41, 5.74) is 1.24. The minimum atomic E-state index is -4.91. The molecule has 1 atom stereocenters. The molecule has 3 rings (SSSR count). The average Bonchev–Trinajstić information content (AvgIpc) is 3.18. The number of carboxylic acids is 1. The lowest BCUT2D eigenvalue weighted by Gasteiger charge is -2.18. The smallest absolute Gasteiger partial charge is 0.471 e. The van der Waals surface area contributed by atoms with Crippen molar-refractivity contribution in [1.29, 1.82) is 0 Å². The molecule has 1 aliphatic heterocycles. The Labute approximate surface area is 145 Å². The summed E-state index contributed by atoms with van der Waals surface area (Å²) in [7, 11) is 0. The van der Waals surface area contributed by atoms with Gasteiger partial charge in [-0.25, -0.2) is 9.97 Å². The fraction of sp³-hybridized carbons (Fsp3) is 0.467. The molecule has 1 aliphatic rings. The number of amides is 1. The van der Waals surface area contributed by atoms with Crippen LogP contribution in [0.15, 0.2) is 18.6 Å². The van der Waals surface area contributed by atoms with Crippen LogP contribution in [-0.2, 0) is 16.1 Å². The molecule has 8 nitrogen and oxygen atoms in total. The van der Waals surface area contributed by atoms with Crippen LogP contribution in [0.1, 0.15) is 12.8 Å². The van der Waals surface area contributed by atoms with Crippen LogP contribution in [0.5, 0.6) is 0 Å². The van der Waals surface area contributed by atoms with Gasteiger partial charge in [0, 0.05) is 31.9 Å². The molecule has 11 heteroatoms. The Bertz CT molecular complexity index is 836. The molecule has 0 saturated carbocycles. The number of fused-ring (bicyclic) bond motifs is 1. The van der Waals surface area contributed by atoms with Gasteiger partial charge in [-0.05, 0) is 12.5 Å². The molecule has 0 spiro atoms. The van der Waals surface area contributed by atoms with Crippen molar-refractivity contribution in [3.05, 3.63) is 18.6 Å². The number of alkyl halides is 3. The number of nitrogens with one attached hydrogen (secondary N) is 1. The second-order valence-electron chi connectivity index (χ2n) is 5.99. The minimum Gasteiger partial charge on any atom is -0.481 e. The molecule has 2 aromatic heterocycles. The number of nitrogens with zero attached hydrogens (tertiary/aromatic N) is 4. The highest BCUT2D eigenvalue weighted by Crippen LogP contribution is 2.27. The zero-order valence-corrected chi connectivity index (χ0v) is 13.5. The summed E-state index contributed by atoms with van der Waals surface area (Å²) in [6.07, 6.45) is -1.55. The topological polar surface area (TPSA) is 100 Å². The Morgan fingerprint density at radius 2 is 2.12 bits per heavy atom. The van der Waals surface area contributed by atoms with Crippen LogP contribution in [-0.4, -0.2) is 56.8 Å². The molecule has 0 aromatic carbocycles. The van der Waals surface area contributed by atoms with Crippen LogP contribution in [0.4, 0.5) is 19.0 Å². The summed E-state index contributed by atoms with van der Waals surface area (Å²) in [6.45, 7) is 0.867. The Morgan fingerprint density at radius 3 is 2.81 bits per heavy atom. The molecule has 1 fully saturated rings. The van der Waals surface area contributed by atoms with Crippen LogP contribution in [0, 0.1) is 0 Å². The summed E-state index contributed by atoms with van der Waals surface area (Å²) in [6, 6.07) is 1.07. The lowest BCUT2D eigenvalue weighted by Crippen LogP contribution is -2.44. The number of hydrogen-bond acceptors (Lipinski definition) is 5. The molecule has 0 radical (unpaired) electrons. The van der Waals surface area contributed by atoms with Crippen LogP contribution < -0.4 is 10.2 Å². The molecule has 3 heterocycles. The van der Waals surface area contributed by atoms with Gasteiger partial charge in [0.2, 0.25) is 0 Å². The van der Waals surface area contributed by atoms with E-state index in [1.54, 1.807) is 15.5 Å². The molecule has 0 bridgehead atoms. The summed E-state index contributed by atoms with van der Waals surface area (Å²) in [5.74, 6) is -2.38. The maximum atomic E-state index is 12.4. The van der Waals surface area contributed by atoms with Crippen molar-refractivity contribution < 1.29 is 27.9 Å². The standard InChI is InChI=1S/C15H16F3N5O3/c16-15(17,18)14(26)21-9-2-5-22(7-9)13-12-10(1-4-19-13)23(8-20-12)6-3-11(24)25/h1,4,8-9H,2-3,5-7H2,(H,21,26)(H,24,25). The van der Waals surface area contributed by atoms with Crippen LogP contribution >= 0.6 is 0 Å². The first-order valence-electron chi connectivity index (χ1n) is 7.90. The van der Waals surface area contributed by atoms with Crippen LogP contribution in [0.3, 0.4) is 0 Å². The number of carboxylic acid groups (broad SMARTS) is 1. The van der Waals surface area contributed by atoms with E-state index in [0.29, 0.717) is 29.8 Å². The van der Waals surface area contributed by atoms with Gasteiger partial charge in [-0.15, -0.1) is 0 Å². The van der Waals surface area contributed by atoms with Crippen molar-refractivity contribution in [3.8, 4) is 0 Å². The molecular weight excluding hydrogens is 355 g/mol. The van der Waals surface area contributed by atoms with Crippen molar-refractivity contribution in [2.75, 3.05) is 18.0 Å². The zero-order chi connectivity index (χ0) is 18.9. The largest absolute Gasteiger partial charge is 0.481 e. The molecule has 1 saturated heterocycles. The first-order valence-corrected chi connectivity index (χ1v) is 7.90. The fourth-order valence-corrected chi connectivity index (χ4v) is 2.94. The van der Waals surface area contributed by atoms with E-state index in [1.807, 2.05) is 5.32 Å². The Morgan fingerprint density at radius 1 is 1.35 bits per heavy atom. The van der Waals surface area contributed by atoms with Gasteiger partial charge in [-0.1, -0.05) is 0 Å². The number of aromatic nitrogens is 3. The quantitative estimate of drug-likeness (QED) is 0.818. The fourth-order valence-electron chi connectivity index (χ4n) is 2.94. The maximum Gasteiger partial charge on any atom is 0.471 e. The molecule has 1 amide bonds. The molecular formula is C15H16F3N5O3. The van der Waals surface area contributed by atoms with Gasteiger partial charge in [-0.2, -0.15) is 13.2 Å². The molecule has 2 aromatic rings. The summed E-state index contributed by atoms with van der Waals surface area (Å²) < 4.78 is 38.8. The molecule has 0 aliphatic carbocycles. The normalized spacial score (nSPS) is 17.7. The predicted molar refractivity (Wildman–Crippen MR) is 84.6 cm³/mol. The van der Waals surface area contributed by atoms with Gasteiger partial charge >= 0.3 is 18.1 Å². The van der Waals surface area contributed by atoms with Gasteiger partial charge in [0.1, 0.15) is 5.52 Å². The van der Waals surface area contributed by atoms with Crippen molar-refractivity contribution in [2.45, 2.75) is 31.6 Å². The highest BCUT2D eigenvalue weighted by atomic mass is 19.4. The third kappa shape index (κ3) is 3.70. The van der Waals surface area contributed by atoms with Crippen LogP contribution in [0.2, 0.25) is 0 Å². The number of carbonyl (C=O) groups is 2. The van der Waals surface area contributed by atoms with Crippen molar-refractivity contribution >= 4 is 28.7 Å². The lowest BCUT2D eigenvalue weighted by atomic mass is 10.2. The van der Waals surface area contributed by atoms with E-state index in [9.17, 15) is 22.8 Å². The van der Waals surface area contributed by atoms with Gasteiger partial charge in [0.15, 0.2) is 5.82 Å². The van der Waals surface area contributed by atoms with Crippen molar-refractivity contribution in [2.24, 2.45) is 0 Å². The lowest BCUT2D eigenvalue weighted by molar-refractivity contribution is -0.174. The number of anilines is 1. The van der Waals surface area contributed by atoms with Gasteiger partial charge in [0.25, 0.3) is 0 Å². The third-order valence-corrected chi connectivity index (χ3v) is 4.17. The zero-order valence-electron chi connectivity index (χ0n) is 13.5. The van der Waals surface area contributed by atoms with Crippen LogP contribution in [0.25, 0.3) is 11.0 Å². The first kappa shape index (κ1) is 18.0. The maximum absolute atomic E-state index is 12.4. The number of aryl methyl sites for hydroxylation is 1. The minimum absolute atomic E-state index is 0.0572. The van der Waals surface area contributed by atoms with Crippen molar-refractivity contribution in [3.63, 3.8) is 0 Å². The molecule has 2 N–H and O–H groups in total. The van der Waals surface area contributed by atoms with E-state index in [-0.39, 0.29) is 19.5 Å². The van der Waals surface area contributed by atoms with E-state index in [4.69, 9.17) is 5.11 Å². The first-order chi connectivity index (χ1) is 12.3. The van der Waals surface area contributed by atoms with Gasteiger partial charge < -0.3 is 19.9 Å². The molecule has 140 valence electrons. The van der Waals surface area contributed by atoms with E-state index < -0.39 is 24.1 Å². The SMILES string of the molecule is O=C(O)CCn1cnc2c(N3CCC(NC(=O)C(F)(F)F)C3)nccc21. The van der Waals surface area contributed by atoms with Gasteiger partial charge in [-0.3, -0.25) is 9.59 Å². The van der Waals surface area contributed by atoms with E-state index in [0.717, 1.165) is 0 Å².